The number of rotatable bonds is 6. The number of amides is 1. The monoisotopic (exact) mass is 343 g/mol. The molecule has 0 spiro atoms. The standard InChI is InChI=1S/C17H17N3O3S/c1-3-22-17-13(5-4-8-18-17)16(21)19-9-12-6-7-15(23-12)14-10-24-11(2)20-14/h4-8,10H,3,9H2,1-2H3,(H,19,21). The molecule has 0 saturated heterocycles. The van der Waals surface area contributed by atoms with Crippen LogP contribution < -0.4 is 10.1 Å². The minimum absolute atomic E-state index is 0.256. The SMILES string of the molecule is CCOc1ncccc1C(=O)NCc1ccc(-c2csc(C)n2)o1. The first kappa shape index (κ1) is 16.2. The Hall–Kier alpha value is -2.67. The van der Waals surface area contributed by atoms with Crippen molar-refractivity contribution in [1.82, 2.24) is 15.3 Å². The van der Waals surface area contributed by atoms with Crippen molar-refractivity contribution in [1.29, 1.82) is 0 Å². The van der Waals surface area contributed by atoms with Crippen molar-refractivity contribution in [2.75, 3.05) is 6.61 Å². The van der Waals surface area contributed by atoms with E-state index in [-0.39, 0.29) is 12.5 Å². The summed E-state index contributed by atoms with van der Waals surface area (Å²) in [6, 6.07) is 7.06. The third-order valence-electron chi connectivity index (χ3n) is 3.25. The number of thiazole rings is 1. The Kier molecular flexibility index (Phi) is 4.90. The Bertz CT molecular complexity index is 841. The van der Waals surface area contributed by atoms with Crippen molar-refractivity contribution in [3.8, 4) is 17.3 Å². The number of nitrogens with zero attached hydrogens (tertiary/aromatic N) is 2. The number of nitrogens with one attached hydrogen (secondary N) is 1. The molecular formula is C17H17N3O3S. The summed E-state index contributed by atoms with van der Waals surface area (Å²) in [6.45, 7) is 4.53. The van der Waals surface area contributed by atoms with Gasteiger partial charge >= 0.3 is 0 Å². The molecule has 3 rings (SSSR count). The third kappa shape index (κ3) is 3.62. The molecule has 24 heavy (non-hydrogen) atoms. The largest absolute Gasteiger partial charge is 0.477 e. The summed E-state index contributed by atoms with van der Waals surface area (Å²) in [6.07, 6.45) is 1.59. The van der Waals surface area contributed by atoms with Gasteiger partial charge in [0.1, 0.15) is 17.0 Å². The van der Waals surface area contributed by atoms with Crippen molar-refractivity contribution in [2.24, 2.45) is 0 Å². The number of hydrogen-bond donors (Lipinski definition) is 1. The van der Waals surface area contributed by atoms with Crippen molar-refractivity contribution in [3.05, 3.63) is 52.2 Å². The highest BCUT2D eigenvalue weighted by Gasteiger charge is 2.14. The van der Waals surface area contributed by atoms with Gasteiger partial charge < -0.3 is 14.5 Å². The predicted molar refractivity (Wildman–Crippen MR) is 91.1 cm³/mol. The second-order valence-corrected chi connectivity index (χ2v) is 6.05. The fraction of sp³-hybridized carbons (Fsp3) is 0.235. The van der Waals surface area contributed by atoms with Crippen LogP contribution in [0.5, 0.6) is 5.88 Å². The molecule has 3 aromatic rings. The van der Waals surface area contributed by atoms with E-state index in [1.54, 1.807) is 29.7 Å². The Balaban J connectivity index is 1.66. The smallest absolute Gasteiger partial charge is 0.257 e. The van der Waals surface area contributed by atoms with Gasteiger partial charge in [-0.25, -0.2) is 9.97 Å². The molecule has 0 unspecified atom stereocenters. The van der Waals surface area contributed by atoms with Gasteiger partial charge in [0.2, 0.25) is 5.88 Å². The lowest BCUT2D eigenvalue weighted by atomic mass is 10.2. The van der Waals surface area contributed by atoms with Gasteiger partial charge in [0.15, 0.2) is 5.76 Å². The zero-order valence-corrected chi connectivity index (χ0v) is 14.2. The fourth-order valence-electron chi connectivity index (χ4n) is 2.17. The molecule has 3 aromatic heterocycles. The quantitative estimate of drug-likeness (QED) is 0.742. The molecule has 124 valence electrons. The van der Waals surface area contributed by atoms with E-state index < -0.39 is 0 Å². The van der Waals surface area contributed by atoms with E-state index in [1.165, 1.54) is 0 Å². The molecule has 0 fully saturated rings. The first-order valence-corrected chi connectivity index (χ1v) is 8.42. The second-order valence-electron chi connectivity index (χ2n) is 4.99. The summed E-state index contributed by atoms with van der Waals surface area (Å²) in [4.78, 5) is 20.8. The highest BCUT2D eigenvalue weighted by Crippen LogP contribution is 2.23. The average Bonchev–Trinajstić information content (AvgIpc) is 3.22. The number of hydrogen-bond acceptors (Lipinski definition) is 6. The minimum atomic E-state index is -0.256. The molecule has 6 nitrogen and oxygen atoms in total. The first-order chi connectivity index (χ1) is 11.7. The van der Waals surface area contributed by atoms with Crippen molar-refractivity contribution >= 4 is 17.2 Å². The lowest BCUT2D eigenvalue weighted by molar-refractivity contribution is 0.0943. The third-order valence-corrected chi connectivity index (χ3v) is 4.03. The molecule has 0 atom stereocenters. The Morgan fingerprint density at radius 2 is 2.25 bits per heavy atom. The number of carbonyl (C=O) groups is 1. The lowest BCUT2D eigenvalue weighted by Crippen LogP contribution is -2.23. The molecule has 1 N–H and O–H groups in total. The van der Waals surface area contributed by atoms with Gasteiger partial charge in [0.05, 0.1) is 18.2 Å². The zero-order valence-electron chi connectivity index (χ0n) is 13.4. The fourth-order valence-corrected chi connectivity index (χ4v) is 2.77. The molecule has 3 heterocycles. The van der Waals surface area contributed by atoms with Crippen molar-refractivity contribution in [2.45, 2.75) is 20.4 Å². The Morgan fingerprint density at radius 3 is 3.00 bits per heavy atom. The van der Waals surface area contributed by atoms with Crippen LogP contribution in [0.4, 0.5) is 0 Å². The van der Waals surface area contributed by atoms with E-state index in [2.05, 4.69) is 15.3 Å². The summed E-state index contributed by atoms with van der Waals surface area (Å²) in [5.74, 6) is 1.43. The minimum Gasteiger partial charge on any atom is -0.477 e. The van der Waals surface area contributed by atoms with Crippen LogP contribution in [0.15, 0.2) is 40.3 Å². The number of carbonyl (C=O) groups excluding carboxylic acids is 1. The van der Waals surface area contributed by atoms with Crippen molar-refractivity contribution in [3.63, 3.8) is 0 Å². The molecule has 0 bridgehead atoms. The van der Waals surface area contributed by atoms with Gasteiger partial charge in [-0.3, -0.25) is 4.79 Å². The van der Waals surface area contributed by atoms with E-state index in [9.17, 15) is 4.79 Å². The first-order valence-electron chi connectivity index (χ1n) is 7.54. The molecule has 0 aliphatic heterocycles. The molecule has 0 radical (unpaired) electrons. The van der Waals surface area contributed by atoms with Crippen LogP contribution in [-0.2, 0) is 6.54 Å². The summed E-state index contributed by atoms with van der Waals surface area (Å²) in [7, 11) is 0. The van der Waals surface area contributed by atoms with Gasteiger partial charge in [0.25, 0.3) is 5.91 Å². The van der Waals surface area contributed by atoms with Crippen LogP contribution in [0.25, 0.3) is 11.5 Å². The van der Waals surface area contributed by atoms with Gasteiger partial charge in [-0.2, -0.15) is 0 Å². The van der Waals surface area contributed by atoms with Gasteiger partial charge in [-0.05, 0) is 38.1 Å². The molecule has 7 heteroatoms. The van der Waals surface area contributed by atoms with E-state index in [0.717, 1.165) is 10.7 Å². The van der Waals surface area contributed by atoms with Gasteiger partial charge in [-0.15, -0.1) is 11.3 Å². The molecule has 0 aliphatic carbocycles. The van der Waals surface area contributed by atoms with E-state index in [0.29, 0.717) is 29.6 Å². The van der Waals surface area contributed by atoms with Gasteiger partial charge in [-0.1, -0.05) is 0 Å². The summed E-state index contributed by atoms with van der Waals surface area (Å²) in [5, 5.41) is 5.74. The van der Waals surface area contributed by atoms with E-state index >= 15 is 0 Å². The topological polar surface area (TPSA) is 77.2 Å². The highest BCUT2D eigenvalue weighted by molar-refractivity contribution is 7.09. The van der Waals surface area contributed by atoms with Crippen LogP contribution in [-0.4, -0.2) is 22.5 Å². The summed E-state index contributed by atoms with van der Waals surface area (Å²) < 4.78 is 11.1. The van der Waals surface area contributed by atoms with Crippen LogP contribution in [0.3, 0.4) is 0 Å². The number of aryl methyl sites for hydroxylation is 1. The summed E-state index contributed by atoms with van der Waals surface area (Å²) in [5.41, 5.74) is 1.21. The molecule has 0 aliphatic rings. The number of pyridine rings is 1. The van der Waals surface area contributed by atoms with E-state index in [1.807, 2.05) is 31.4 Å². The number of ether oxygens (including phenoxy) is 1. The maximum absolute atomic E-state index is 12.3. The Morgan fingerprint density at radius 1 is 1.38 bits per heavy atom. The molecule has 0 aromatic carbocycles. The Labute approximate surface area is 143 Å². The molecule has 1 amide bonds. The zero-order chi connectivity index (χ0) is 16.9. The van der Waals surface area contributed by atoms with Gasteiger partial charge in [0, 0.05) is 11.6 Å². The normalized spacial score (nSPS) is 10.6. The van der Waals surface area contributed by atoms with Crippen LogP contribution in [0, 0.1) is 6.92 Å². The number of furan rings is 1. The van der Waals surface area contributed by atoms with Crippen LogP contribution in [0.2, 0.25) is 0 Å². The summed E-state index contributed by atoms with van der Waals surface area (Å²) >= 11 is 1.57. The predicted octanol–water partition coefficient (Wildman–Crippen LogP) is 3.44. The number of aromatic nitrogens is 2. The molecular weight excluding hydrogens is 326 g/mol. The maximum atomic E-state index is 12.3. The van der Waals surface area contributed by atoms with Crippen molar-refractivity contribution < 1.29 is 13.9 Å². The lowest BCUT2D eigenvalue weighted by Gasteiger charge is -2.08. The average molecular weight is 343 g/mol. The maximum Gasteiger partial charge on any atom is 0.257 e. The highest BCUT2D eigenvalue weighted by atomic mass is 32.1. The van der Waals surface area contributed by atoms with Crippen LogP contribution in [0.1, 0.15) is 28.0 Å². The van der Waals surface area contributed by atoms with Crippen LogP contribution >= 0.6 is 11.3 Å². The molecule has 0 saturated carbocycles. The second kappa shape index (κ2) is 7.27. The van der Waals surface area contributed by atoms with E-state index in [4.69, 9.17) is 9.15 Å².